The predicted molar refractivity (Wildman–Crippen MR) is 101 cm³/mol. The van der Waals surface area contributed by atoms with E-state index in [0.29, 0.717) is 9.23 Å². The molecule has 1 heterocycles. The number of carbonyl (C=O) groups is 2. The summed E-state index contributed by atoms with van der Waals surface area (Å²) in [7, 11) is 0. The van der Waals surface area contributed by atoms with Crippen molar-refractivity contribution < 1.29 is 14.7 Å². The summed E-state index contributed by atoms with van der Waals surface area (Å²) in [6, 6.07) is 17.9. The topological polar surface area (TPSA) is 60.4 Å². The van der Waals surface area contributed by atoms with Crippen LogP contribution in [0.1, 0.15) is 12.0 Å². The summed E-state index contributed by atoms with van der Waals surface area (Å²) in [5.74, 6) is -1.46. The van der Waals surface area contributed by atoms with Crippen molar-refractivity contribution in [1.82, 2.24) is 4.90 Å². The number of thioether (sulfide) groups is 1. The van der Waals surface area contributed by atoms with Gasteiger partial charge in [0.25, 0.3) is 5.91 Å². The van der Waals surface area contributed by atoms with Crippen molar-refractivity contribution in [3.05, 3.63) is 65.1 Å². The number of carboxylic acid groups (broad SMARTS) is 1. The molecule has 0 bridgehead atoms. The molecule has 126 valence electrons. The molecule has 0 aromatic heterocycles. The van der Waals surface area contributed by atoms with Crippen molar-refractivity contribution in [2.45, 2.75) is 6.42 Å². The van der Waals surface area contributed by atoms with Crippen molar-refractivity contribution in [3.63, 3.8) is 0 Å². The number of aliphatic carboxylic acids is 1. The molecule has 25 heavy (non-hydrogen) atoms. The zero-order valence-electron chi connectivity index (χ0n) is 13.2. The van der Waals surface area contributed by atoms with Crippen LogP contribution < -0.4 is 5.11 Å². The number of carboxylic acids is 1. The zero-order valence-corrected chi connectivity index (χ0v) is 14.8. The lowest BCUT2D eigenvalue weighted by Crippen LogP contribution is -2.33. The van der Waals surface area contributed by atoms with Gasteiger partial charge in [-0.2, -0.15) is 0 Å². The minimum atomic E-state index is -1.20. The van der Waals surface area contributed by atoms with Crippen LogP contribution >= 0.6 is 24.0 Å². The second kappa shape index (κ2) is 7.63. The van der Waals surface area contributed by atoms with Crippen LogP contribution in [0.3, 0.4) is 0 Å². The third-order valence-corrected chi connectivity index (χ3v) is 5.11. The zero-order chi connectivity index (χ0) is 17.8. The molecule has 1 amide bonds. The van der Waals surface area contributed by atoms with E-state index in [1.165, 1.54) is 16.7 Å². The van der Waals surface area contributed by atoms with Crippen LogP contribution in [0.2, 0.25) is 0 Å². The van der Waals surface area contributed by atoms with Crippen molar-refractivity contribution in [3.8, 4) is 11.1 Å². The standard InChI is InChI=1S/C19H15NO3S2/c21-17(22)10-11-20-18(23)16(25-19(20)24)12-13-6-8-15(9-7-13)14-4-2-1-3-5-14/h1-9,12H,10-11H2,(H,21,22)/p-1/b16-12+. The third-order valence-electron chi connectivity index (χ3n) is 3.73. The second-order valence-electron chi connectivity index (χ2n) is 5.44. The molecular weight excluding hydrogens is 354 g/mol. The Labute approximate surface area is 155 Å². The lowest BCUT2D eigenvalue weighted by Gasteiger charge is -2.14. The van der Waals surface area contributed by atoms with E-state index >= 15 is 0 Å². The number of hydrogen-bond acceptors (Lipinski definition) is 5. The maximum absolute atomic E-state index is 12.4. The average Bonchev–Trinajstić information content (AvgIpc) is 2.88. The van der Waals surface area contributed by atoms with Gasteiger partial charge in [-0.05, 0) is 22.8 Å². The number of nitrogens with zero attached hydrogens (tertiary/aromatic N) is 1. The highest BCUT2D eigenvalue weighted by atomic mass is 32.2. The summed E-state index contributed by atoms with van der Waals surface area (Å²) in [5, 5.41) is 10.6. The Kier molecular flexibility index (Phi) is 5.31. The Bertz CT molecular complexity index is 845. The smallest absolute Gasteiger partial charge is 0.266 e. The Morgan fingerprint density at radius 2 is 1.72 bits per heavy atom. The van der Waals surface area contributed by atoms with Gasteiger partial charge in [-0.15, -0.1) is 0 Å². The fourth-order valence-electron chi connectivity index (χ4n) is 2.45. The molecule has 1 fully saturated rings. The Hall–Kier alpha value is -2.44. The Morgan fingerprint density at radius 1 is 1.08 bits per heavy atom. The van der Waals surface area contributed by atoms with Crippen molar-refractivity contribution in [1.29, 1.82) is 0 Å². The maximum Gasteiger partial charge on any atom is 0.266 e. The van der Waals surface area contributed by atoms with Crippen LogP contribution in [-0.4, -0.2) is 27.6 Å². The number of hydrogen-bond donors (Lipinski definition) is 0. The van der Waals surface area contributed by atoms with Crippen LogP contribution in [-0.2, 0) is 9.59 Å². The second-order valence-corrected chi connectivity index (χ2v) is 7.12. The van der Waals surface area contributed by atoms with Gasteiger partial charge in [0.05, 0.1) is 4.91 Å². The van der Waals surface area contributed by atoms with Crippen LogP contribution in [0, 0.1) is 0 Å². The van der Waals surface area contributed by atoms with Crippen LogP contribution in [0.5, 0.6) is 0 Å². The van der Waals surface area contributed by atoms with Crippen molar-refractivity contribution >= 4 is 46.3 Å². The molecule has 1 aliphatic rings. The molecule has 0 radical (unpaired) electrons. The van der Waals surface area contributed by atoms with E-state index < -0.39 is 5.97 Å². The quantitative estimate of drug-likeness (QED) is 0.600. The molecule has 4 nitrogen and oxygen atoms in total. The fraction of sp³-hybridized carbons (Fsp3) is 0.105. The summed E-state index contributed by atoms with van der Waals surface area (Å²) in [6.07, 6.45) is 1.54. The number of benzene rings is 2. The third kappa shape index (κ3) is 4.15. The fourth-order valence-corrected chi connectivity index (χ4v) is 3.76. The van der Waals surface area contributed by atoms with E-state index in [-0.39, 0.29) is 18.9 Å². The first-order chi connectivity index (χ1) is 12.0. The number of amides is 1. The van der Waals surface area contributed by atoms with Gasteiger partial charge in [-0.3, -0.25) is 9.69 Å². The summed E-state index contributed by atoms with van der Waals surface area (Å²) in [6.45, 7) is 0.0390. The molecule has 0 atom stereocenters. The van der Waals surface area contributed by atoms with Crippen molar-refractivity contribution in [2.75, 3.05) is 6.54 Å². The molecule has 1 aliphatic heterocycles. The van der Waals surface area contributed by atoms with E-state index in [2.05, 4.69) is 0 Å². The molecule has 2 aromatic carbocycles. The number of thiocarbonyl (C=S) groups is 1. The monoisotopic (exact) mass is 368 g/mol. The number of carbonyl (C=O) groups excluding carboxylic acids is 2. The van der Waals surface area contributed by atoms with E-state index in [9.17, 15) is 14.7 Å². The highest BCUT2D eigenvalue weighted by Gasteiger charge is 2.31. The van der Waals surface area contributed by atoms with Crippen LogP contribution in [0.15, 0.2) is 59.5 Å². The maximum atomic E-state index is 12.4. The first kappa shape index (κ1) is 17.4. The molecule has 1 saturated heterocycles. The molecule has 6 heteroatoms. The van der Waals surface area contributed by atoms with Crippen LogP contribution in [0.4, 0.5) is 0 Å². The van der Waals surface area contributed by atoms with E-state index in [1.807, 2.05) is 54.6 Å². The SMILES string of the molecule is O=C([O-])CCN1C(=O)/C(=C\c2ccc(-c3ccccc3)cc2)SC1=S. The molecular formula is C19H14NO3S2-. The molecule has 0 spiro atoms. The summed E-state index contributed by atoms with van der Waals surface area (Å²) in [5.41, 5.74) is 3.11. The molecule has 0 aliphatic carbocycles. The van der Waals surface area contributed by atoms with Gasteiger partial charge in [0, 0.05) is 18.9 Å². The average molecular weight is 368 g/mol. The van der Waals surface area contributed by atoms with Crippen molar-refractivity contribution in [2.24, 2.45) is 0 Å². The minimum absolute atomic E-state index is 0.0390. The summed E-state index contributed by atoms with van der Waals surface area (Å²) >= 11 is 6.35. The Balaban J connectivity index is 1.76. The molecule has 0 N–H and O–H groups in total. The summed E-state index contributed by atoms with van der Waals surface area (Å²) < 4.78 is 0.374. The van der Waals surface area contributed by atoms with Gasteiger partial charge in [0.15, 0.2) is 0 Å². The van der Waals surface area contributed by atoms with Gasteiger partial charge in [0.2, 0.25) is 0 Å². The number of rotatable bonds is 5. The van der Waals surface area contributed by atoms with Gasteiger partial charge in [-0.1, -0.05) is 78.6 Å². The van der Waals surface area contributed by atoms with E-state index in [4.69, 9.17) is 12.2 Å². The van der Waals surface area contributed by atoms with E-state index in [1.54, 1.807) is 6.08 Å². The molecule has 3 rings (SSSR count). The van der Waals surface area contributed by atoms with Gasteiger partial charge in [0.1, 0.15) is 4.32 Å². The first-order valence-corrected chi connectivity index (χ1v) is 8.88. The highest BCUT2D eigenvalue weighted by molar-refractivity contribution is 8.26. The predicted octanol–water partition coefficient (Wildman–Crippen LogP) is 2.69. The molecule has 0 saturated carbocycles. The summed E-state index contributed by atoms with van der Waals surface area (Å²) in [4.78, 5) is 24.7. The lowest BCUT2D eigenvalue weighted by molar-refractivity contribution is -0.305. The normalized spacial score (nSPS) is 15.8. The Morgan fingerprint density at radius 3 is 2.36 bits per heavy atom. The van der Waals surface area contributed by atoms with Crippen LogP contribution in [0.25, 0.3) is 17.2 Å². The minimum Gasteiger partial charge on any atom is -0.550 e. The first-order valence-electron chi connectivity index (χ1n) is 7.65. The van der Waals surface area contributed by atoms with E-state index in [0.717, 1.165) is 16.7 Å². The molecule has 0 unspecified atom stereocenters. The largest absolute Gasteiger partial charge is 0.550 e. The van der Waals surface area contributed by atoms with Gasteiger partial charge < -0.3 is 9.90 Å². The lowest BCUT2D eigenvalue weighted by atomic mass is 10.0. The molecule has 2 aromatic rings. The van der Waals surface area contributed by atoms with Gasteiger partial charge in [-0.25, -0.2) is 0 Å². The van der Waals surface area contributed by atoms with Gasteiger partial charge >= 0.3 is 0 Å². The highest BCUT2D eigenvalue weighted by Crippen LogP contribution is 2.32.